The number of aliphatic hydroxyl groups excluding tert-OH is 1. The summed E-state index contributed by atoms with van der Waals surface area (Å²) >= 11 is 0. The highest BCUT2D eigenvalue weighted by molar-refractivity contribution is 5.75. The van der Waals surface area contributed by atoms with Gasteiger partial charge in [-0.3, -0.25) is 4.57 Å². The summed E-state index contributed by atoms with van der Waals surface area (Å²) in [5.41, 5.74) is 1.92. The number of hydrogen-bond acceptors (Lipinski definition) is 3. The second-order valence-corrected chi connectivity index (χ2v) is 6.03. The Bertz CT molecular complexity index is 651. The number of nitrogens with one attached hydrogen (secondary N) is 1. The van der Waals surface area contributed by atoms with Crippen LogP contribution in [-0.4, -0.2) is 45.3 Å². The highest BCUT2D eigenvalue weighted by atomic mass is 16.3. The smallest absolute Gasteiger partial charge is 0.326 e. The average molecular weight is 289 g/mol. The van der Waals surface area contributed by atoms with Gasteiger partial charge < -0.3 is 15.0 Å². The Morgan fingerprint density at radius 2 is 2.05 bits per heavy atom. The Balaban J connectivity index is 1.71. The molecule has 1 fully saturated rings. The van der Waals surface area contributed by atoms with Crippen LogP contribution in [0.5, 0.6) is 0 Å². The minimum atomic E-state index is -0.237. The molecule has 0 radical (unpaired) electrons. The molecular formula is C16H23N3O2. The van der Waals surface area contributed by atoms with Crippen LogP contribution in [0.1, 0.15) is 32.2 Å². The molecule has 0 bridgehead atoms. The number of rotatable bonds is 4. The normalized spacial score (nSPS) is 19.1. The lowest BCUT2D eigenvalue weighted by atomic mass is 10.0. The number of aromatic amines is 1. The molecule has 5 heteroatoms. The quantitative estimate of drug-likeness (QED) is 0.901. The van der Waals surface area contributed by atoms with Crippen molar-refractivity contribution in [1.82, 2.24) is 14.5 Å². The van der Waals surface area contributed by atoms with Crippen LogP contribution in [0.3, 0.4) is 0 Å². The maximum atomic E-state index is 12.2. The summed E-state index contributed by atoms with van der Waals surface area (Å²) in [5, 5.41) is 9.36. The molecule has 1 aromatic carbocycles. The third kappa shape index (κ3) is 3.04. The first-order valence-corrected chi connectivity index (χ1v) is 7.75. The number of fused-ring (bicyclic) bond motifs is 1. The molecule has 2 N–H and O–H groups in total. The molecule has 21 heavy (non-hydrogen) atoms. The van der Waals surface area contributed by atoms with Gasteiger partial charge in [0.2, 0.25) is 0 Å². The van der Waals surface area contributed by atoms with Crippen LogP contribution in [0.25, 0.3) is 11.0 Å². The van der Waals surface area contributed by atoms with Crippen molar-refractivity contribution in [3.05, 3.63) is 34.7 Å². The van der Waals surface area contributed by atoms with Crippen molar-refractivity contribution >= 4 is 11.0 Å². The Labute approximate surface area is 124 Å². The summed E-state index contributed by atoms with van der Waals surface area (Å²) in [6, 6.07) is 8.15. The predicted octanol–water partition coefficient (Wildman–Crippen LogP) is 1.74. The van der Waals surface area contributed by atoms with Crippen molar-refractivity contribution in [3.8, 4) is 0 Å². The van der Waals surface area contributed by atoms with Gasteiger partial charge in [-0.15, -0.1) is 0 Å². The summed E-state index contributed by atoms with van der Waals surface area (Å²) in [7, 11) is 0. The lowest BCUT2D eigenvalue weighted by molar-refractivity contribution is 0.134. The minimum absolute atomic E-state index is 0.00127. The van der Waals surface area contributed by atoms with E-state index in [1.165, 1.54) is 0 Å². The SMILES string of the molecule is CC(O)CCN1CCC(n2c(=O)[nH]c3ccccc32)CC1. The number of nitrogens with zero attached hydrogens (tertiary/aromatic N) is 2. The van der Waals surface area contributed by atoms with Crippen molar-refractivity contribution in [1.29, 1.82) is 0 Å². The molecule has 2 aromatic rings. The number of aliphatic hydroxyl groups is 1. The Hall–Kier alpha value is -1.59. The first-order valence-electron chi connectivity index (χ1n) is 7.75. The van der Waals surface area contributed by atoms with E-state index in [2.05, 4.69) is 9.88 Å². The molecule has 5 nitrogen and oxygen atoms in total. The van der Waals surface area contributed by atoms with Gasteiger partial charge in [0.25, 0.3) is 0 Å². The predicted molar refractivity (Wildman–Crippen MR) is 83.6 cm³/mol. The fourth-order valence-corrected chi connectivity index (χ4v) is 3.21. The third-order valence-electron chi connectivity index (χ3n) is 4.41. The van der Waals surface area contributed by atoms with Crippen molar-refractivity contribution in [2.45, 2.75) is 38.3 Å². The van der Waals surface area contributed by atoms with Gasteiger partial charge in [0.05, 0.1) is 17.1 Å². The summed E-state index contributed by atoms with van der Waals surface area (Å²) in [6.45, 7) is 4.75. The van der Waals surface area contributed by atoms with Crippen LogP contribution in [0.4, 0.5) is 0 Å². The van der Waals surface area contributed by atoms with Gasteiger partial charge in [0.1, 0.15) is 0 Å². The molecule has 0 spiro atoms. The fraction of sp³-hybridized carbons (Fsp3) is 0.562. The van der Waals surface area contributed by atoms with E-state index < -0.39 is 0 Å². The van der Waals surface area contributed by atoms with E-state index in [9.17, 15) is 9.90 Å². The third-order valence-corrected chi connectivity index (χ3v) is 4.41. The number of aromatic nitrogens is 2. The van der Waals surface area contributed by atoms with Gasteiger partial charge >= 0.3 is 5.69 Å². The second kappa shape index (κ2) is 6.03. The molecule has 1 unspecified atom stereocenters. The second-order valence-electron chi connectivity index (χ2n) is 6.03. The zero-order chi connectivity index (χ0) is 14.8. The zero-order valence-electron chi connectivity index (χ0n) is 12.5. The van der Waals surface area contributed by atoms with E-state index in [0.717, 1.165) is 49.9 Å². The van der Waals surface area contributed by atoms with Crippen molar-refractivity contribution in [2.75, 3.05) is 19.6 Å². The first-order chi connectivity index (χ1) is 10.1. The minimum Gasteiger partial charge on any atom is -0.393 e. The van der Waals surface area contributed by atoms with Gasteiger partial charge in [-0.25, -0.2) is 4.79 Å². The number of benzene rings is 1. The number of likely N-dealkylation sites (tertiary alicyclic amines) is 1. The van der Waals surface area contributed by atoms with Crippen LogP contribution in [-0.2, 0) is 0 Å². The molecular weight excluding hydrogens is 266 g/mol. The number of para-hydroxylation sites is 2. The molecule has 1 atom stereocenters. The van der Waals surface area contributed by atoms with Gasteiger partial charge in [-0.2, -0.15) is 0 Å². The van der Waals surface area contributed by atoms with Crippen molar-refractivity contribution < 1.29 is 5.11 Å². The van der Waals surface area contributed by atoms with E-state index in [4.69, 9.17) is 0 Å². The van der Waals surface area contributed by atoms with Crippen LogP contribution in [0, 0.1) is 0 Å². The van der Waals surface area contributed by atoms with E-state index in [1.54, 1.807) is 0 Å². The first kappa shape index (κ1) is 14.4. The monoisotopic (exact) mass is 289 g/mol. The van der Waals surface area contributed by atoms with Crippen LogP contribution < -0.4 is 5.69 Å². The molecule has 0 amide bonds. The van der Waals surface area contributed by atoms with E-state index in [-0.39, 0.29) is 17.8 Å². The maximum Gasteiger partial charge on any atom is 0.326 e. The van der Waals surface area contributed by atoms with Gasteiger partial charge in [0, 0.05) is 25.7 Å². The Morgan fingerprint density at radius 3 is 2.76 bits per heavy atom. The number of imidazole rings is 1. The number of H-pyrrole nitrogens is 1. The van der Waals surface area contributed by atoms with E-state index in [1.807, 2.05) is 35.8 Å². The molecule has 114 valence electrons. The van der Waals surface area contributed by atoms with Crippen LogP contribution >= 0.6 is 0 Å². The fourth-order valence-electron chi connectivity index (χ4n) is 3.21. The number of hydrogen-bond donors (Lipinski definition) is 2. The maximum absolute atomic E-state index is 12.2. The molecule has 0 saturated carbocycles. The largest absolute Gasteiger partial charge is 0.393 e. The van der Waals surface area contributed by atoms with Gasteiger partial charge in [0.15, 0.2) is 0 Å². The molecule has 1 aromatic heterocycles. The highest BCUT2D eigenvalue weighted by Gasteiger charge is 2.23. The van der Waals surface area contributed by atoms with Gasteiger partial charge in [-0.1, -0.05) is 12.1 Å². The van der Waals surface area contributed by atoms with Crippen molar-refractivity contribution in [2.24, 2.45) is 0 Å². The molecule has 1 saturated heterocycles. The molecule has 1 aliphatic heterocycles. The molecule has 2 heterocycles. The lowest BCUT2D eigenvalue weighted by Gasteiger charge is -2.32. The summed E-state index contributed by atoms with van der Waals surface area (Å²) in [6.07, 6.45) is 2.56. The van der Waals surface area contributed by atoms with Crippen molar-refractivity contribution in [3.63, 3.8) is 0 Å². The van der Waals surface area contributed by atoms with E-state index >= 15 is 0 Å². The summed E-state index contributed by atoms with van der Waals surface area (Å²) < 4.78 is 1.92. The summed E-state index contributed by atoms with van der Waals surface area (Å²) in [4.78, 5) is 17.5. The molecule has 3 rings (SSSR count). The average Bonchev–Trinajstić information content (AvgIpc) is 2.81. The van der Waals surface area contributed by atoms with Crippen LogP contribution in [0.2, 0.25) is 0 Å². The molecule has 1 aliphatic rings. The van der Waals surface area contributed by atoms with Crippen LogP contribution in [0.15, 0.2) is 29.1 Å². The van der Waals surface area contributed by atoms with Gasteiger partial charge in [-0.05, 0) is 38.3 Å². The lowest BCUT2D eigenvalue weighted by Crippen LogP contribution is -2.38. The zero-order valence-corrected chi connectivity index (χ0v) is 12.5. The standard InChI is InChI=1S/C16H23N3O2/c1-12(20)6-9-18-10-7-13(8-11-18)19-15-5-3-2-4-14(15)17-16(19)21/h2-5,12-13,20H,6-11H2,1H3,(H,17,21). The highest BCUT2D eigenvalue weighted by Crippen LogP contribution is 2.24. The Morgan fingerprint density at radius 1 is 1.33 bits per heavy atom. The number of piperidine rings is 1. The van der Waals surface area contributed by atoms with E-state index in [0.29, 0.717) is 0 Å². The topological polar surface area (TPSA) is 61.3 Å². The Kier molecular flexibility index (Phi) is 4.12. The molecule has 0 aliphatic carbocycles. The summed E-state index contributed by atoms with van der Waals surface area (Å²) in [5.74, 6) is 0.